The van der Waals surface area contributed by atoms with Gasteiger partial charge in [-0.2, -0.15) is 0 Å². The summed E-state index contributed by atoms with van der Waals surface area (Å²) in [6, 6.07) is 0. The minimum atomic E-state index is 0.867. The third-order valence-corrected chi connectivity index (χ3v) is 2.17. The Bertz CT molecular complexity index is 101. The second-order valence-corrected chi connectivity index (χ2v) is 3.02. The van der Waals surface area contributed by atoms with Gasteiger partial charge in [0.15, 0.2) is 0 Å². The van der Waals surface area contributed by atoms with Crippen LogP contribution in [-0.2, 0) is 0 Å². The standard InChI is InChI=1S/C10H20/c1-5-9(4)8-10(6-2)7-3/h6,9H,5,7-8H2,1-4H3. The first kappa shape index (κ1) is 9.74. The maximum absolute atomic E-state index is 2.32. The minimum Gasteiger partial charge on any atom is -0.0885 e. The van der Waals surface area contributed by atoms with E-state index in [1.807, 2.05) is 0 Å². The Hall–Kier alpha value is -0.260. The molecule has 0 heteroatoms. The highest BCUT2D eigenvalue weighted by atomic mass is 14.1. The lowest BCUT2D eigenvalue weighted by atomic mass is 9.97. The number of hydrogen-bond donors (Lipinski definition) is 0. The van der Waals surface area contributed by atoms with Crippen LogP contribution in [0.5, 0.6) is 0 Å². The smallest absolute Gasteiger partial charge is 0.0295 e. The van der Waals surface area contributed by atoms with Crippen molar-refractivity contribution < 1.29 is 0 Å². The molecule has 1 atom stereocenters. The molecule has 0 N–H and O–H groups in total. The van der Waals surface area contributed by atoms with Crippen LogP contribution in [-0.4, -0.2) is 0 Å². The Labute approximate surface area is 65.3 Å². The van der Waals surface area contributed by atoms with E-state index in [0.29, 0.717) is 0 Å². The molecule has 60 valence electrons. The molecule has 0 radical (unpaired) electrons. The van der Waals surface area contributed by atoms with E-state index in [0.717, 1.165) is 5.92 Å². The molecule has 0 bridgehead atoms. The Morgan fingerprint density at radius 3 is 2.30 bits per heavy atom. The average Bonchev–Trinajstić information content (AvgIpc) is 1.99. The van der Waals surface area contributed by atoms with Gasteiger partial charge in [-0.3, -0.25) is 0 Å². The molecule has 0 saturated heterocycles. The van der Waals surface area contributed by atoms with E-state index in [1.54, 1.807) is 5.57 Å². The third kappa shape index (κ3) is 3.71. The fourth-order valence-electron chi connectivity index (χ4n) is 1.06. The summed E-state index contributed by atoms with van der Waals surface area (Å²) >= 11 is 0. The molecule has 0 nitrogen and oxygen atoms in total. The Balaban J connectivity index is 3.64. The van der Waals surface area contributed by atoms with Gasteiger partial charge in [-0.25, -0.2) is 0 Å². The minimum absolute atomic E-state index is 0.867. The van der Waals surface area contributed by atoms with Crippen LogP contribution in [0, 0.1) is 5.92 Å². The van der Waals surface area contributed by atoms with Crippen molar-refractivity contribution in [2.24, 2.45) is 5.92 Å². The lowest BCUT2D eigenvalue weighted by Gasteiger charge is -2.09. The van der Waals surface area contributed by atoms with Gasteiger partial charge in [0, 0.05) is 0 Å². The topological polar surface area (TPSA) is 0 Å². The van der Waals surface area contributed by atoms with E-state index in [-0.39, 0.29) is 0 Å². The van der Waals surface area contributed by atoms with Crippen molar-refractivity contribution in [3.05, 3.63) is 11.6 Å². The average molecular weight is 140 g/mol. The summed E-state index contributed by atoms with van der Waals surface area (Å²) in [6.07, 6.45) is 6.08. The fourth-order valence-corrected chi connectivity index (χ4v) is 1.06. The van der Waals surface area contributed by atoms with Crippen LogP contribution in [0.25, 0.3) is 0 Å². The Morgan fingerprint density at radius 2 is 2.00 bits per heavy atom. The SMILES string of the molecule is CC=C(CC)CC(C)CC. The molecular weight excluding hydrogens is 120 g/mol. The highest BCUT2D eigenvalue weighted by molar-refractivity contribution is 4.99. The summed E-state index contributed by atoms with van der Waals surface area (Å²) in [7, 11) is 0. The van der Waals surface area contributed by atoms with Crippen molar-refractivity contribution in [3.8, 4) is 0 Å². The summed E-state index contributed by atoms with van der Waals surface area (Å²) in [4.78, 5) is 0. The maximum Gasteiger partial charge on any atom is -0.0295 e. The van der Waals surface area contributed by atoms with Crippen molar-refractivity contribution in [2.75, 3.05) is 0 Å². The zero-order chi connectivity index (χ0) is 7.98. The monoisotopic (exact) mass is 140 g/mol. The molecule has 1 unspecified atom stereocenters. The number of allylic oxidation sites excluding steroid dienone is 2. The summed E-state index contributed by atoms with van der Waals surface area (Å²) in [5.41, 5.74) is 1.61. The van der Waals surface area contributed by atoms with Crippen LogP contribution in [0.4, 0.5) is 0 Å². The van der Waals surface area contributed by atoms with Crippen molar-refractivity contribution in [1.29, 1.82) is 0 Å². The van der Waals surface area contributed by atoms with Crippen molar-refractivity contribution in [1.82, 2.24) is 0 Å². The van der Waals surface area contributed by atoms with Crippen molar-refractivity contribution in [3.63, 3.8) is 0 Å². The van der Waals surface area contributed by atoms with Crippen molar-refractivity contribution >= 4 is 0 Å². The molecule has 0 aliphatic carbocycles. The van der Waals surface area contributed by atoms with Crippen LogP contribution in [0.3, 0.4) is 0 Å². The molecule has 0 aromatic rings. The Morgan fingerprint density at radius 1 is 1.40 bits per heavy atom. The maximum atomic E-state index is 2.32. The lowest BCUT2D eigenvalue weighted by molar-refractivity contribution is 0.549. The highest BCUT2D eigenvalue weighted by Gasteiger charge is 2.00. The Kier molecular flexibility index (Phi) is 5.38. The lowest BCUT2D eigenvalue weighted by Crippen LogP contribution is -1.93. The normalized spacial score (nSPS) is 15.4. The van der Waals surface area contributed by atoms with Gasteiger partial charge in [0.1, 0.15) is 0 Å². The molecule has 0 spiro atoms. The molecule has 0 rings (SSSR count). The van der Waals surface area contributed by atoms with Gasteiger partial charge >= 0.3 is 0 Å². The van der Waals surface area contributed by atoms with Gasteiger partial charge in [0.2, 0.25) is 0 Å². The summed E-state index contributed by atoms with van der Waals surface area (Å²) < 4.78 is 0. The fraction of sp³-hybridized carbons (Fsp3) is 0.800. The molecule has 10 heavy (non-hydrogen) atoms. The van der Waals surface area contributed by atoms with Crippen LogP contribution in [0.15, 0.2) is 11.6 Å². The second kappa shape index (κ2) is 5.52. The molecule has 0 aliphatic heterocycles. The third-order valence-electron chi connectivity index (χ3n) is 2.17. The van der Waals surface area contributed by atoms with Gasteiger partial charge < -0.3 is 0 Å². The van der Waals surface area contributed by atoms with Gasteiger partial charge in [-0.1, -0.05) is 38.8 Å². The first-order valence-electron chi connectivity index (χ1n) is 4.38. The molecule has 0 fully saturated rings. The predicted octanol–water partition coefficient (Wildman–Crippen LogP) is 3.78. The predicted molar refractivity (Wildman–Crippen MR) is 48.1 cm³/mol. The van der Waals surface area contributed by atoms with E-state index in [1.165, 1.54) is 19.3 Å². The largest absolute Gasteiger partial charge is 0.0885 e. The van der Waals surface area contributed by atoms with Crippen molar-refractivity contribution in [2.45, 2.75) is 47.0 Å². The second-order valence-electron chi connectivity index (χ2n) is 3.02. The molecule has 0 aromatic heterocycles. The summed E-state index contributed by atoms with van der Waals surface area (Å²) in [6.45, 7) is 8.95. The first-order chi connectivity index (χ1) is 4.74. The van der Waals surface area contributed by atoms with Crippen LogP contribution in [0.2, 0.25) is 0 Å². The summed E-state index contributed by atoms with van der Waals surface area (Å²) in [5.74, 6) is 0.867. The van der Waals surface area contributed by atoms with E-state index >= 15 is 0 Å². The molecule has 0 heterocycles. The van der Waals surface area contributed by atoms with Crippen LogP contribution >= 0.6 is 0 Å². The molecular formula is C10H20. The van der Waals surface area contributed by atoms with Crippen LogP contribution < -0.4 is 0 Å². The van der Waals surface area contributed by atoms with Gasteiger partial charge in [0.05, 0.1) is 0 Å². The molecule has 0 aromatic carbocycles. The van der Waals surface area contributed by atoms with Gasteiger partial charge in [-0.15, -0.1) is 0 Å². The zero-order valence-electron chi connectivity index (χ0n) is 7.78. The first-order valence-corrected chi connectivity index (χ1v) is 4.38. The number of hydrogen-bond acceptors (Lipinski definition) is 0. The summed E-state index contributed by atoms with van der Waals surface area (Å²) in [5, 5.41) is 0. The van der Waals surface area contributed by atoms with E-state index in [2.05, 4.69) is 33.8 Å². The quantitative estimate of drug-likeness (QED) is 0.521. The van der Waals surface area contributed by atoms with E-state index < -0.39 is 0 Å². The highest BCUT2D eigenvalue weighted by Crippen LogP contribution is 2.16. The number of rotatable bonds is 4. The van der Waals surface area contributed by atoms with Crippen LogP contribution in [0.1, 0.15) is 47.0 Å². The molecule has 0 aliphatic rings. The van der Waals surface area contributed by atoms with E-state index in [9.17, 15) is 0 Å². The molecule has 0 amide bonds. The van der Waals surface area contributed by atoms with Gasteiger partial charge in [-0.05, 0) is 25.7 Å². The molecule has 0 saturated carbocycles. The van der Waals surface area contributed by atoms with E-state index in [4.69, 9.17) is 0 Å². The van der Waals surface area contributed by atoms with Gasteiger partial charge in [0.25, 0.3) is 0 Å². The zero-order valence-corrected chi connectivity index (χ0v) is 7.78.